The molecule has 1 aliphatic rings. The maximum Gasteiger partial charge on any atom is 0.306 e. The minimum Gasteiger partial charge on any atom is -0.481 e. The minimum absolute atomic E-state index is 0.239. The summed E-state index contributed by atoms with van der Waals surface area (Å²) in [6.45, 7) is 1.77. The number of carboxylic acids is 1. The zero-order valence-electron chi connectivity index (χ0n) is 6.62. The molecular formula is C7H13O3P. The summed E-state index contributed by atoms with van der Waals surface area (Å²) in [4.78, 5) is 10.5. The molecule has 1 N–H and O–H groups in total. The highest BCUT2D eigenvalue weighted by molar-refractivity contribution is 7.63. The number of hydrogen-bond donors (Lipinski definition) is 1. The monoisotopic (exact) mass is 176 g/mol. The largest absolute Gasteiger partial charge is 0.481 e. The number of carboxylic acid groups (broad SMARTS) is 1. The van der Waals surface area contributed by atoms with E-state index >= 15 is 0 Å². The Bertz CT molecular complexity index is 200. The van der Waals surface area contributed by atoms with Crippen molar-refractivity contribution in [2.24, 2.45) is 5.92 Å². The lowest BCUT2D eigenvalue weighted by molar-refractivity contribution is -0.141. The molecule has 1 fully saturated rings. The summed E-state index contributed by atoms with van der Waals surface area (Å²) in [6.07, 6.45) is 2.43. The fourth-order valence-corrected chi connectivity index (χ4v) is 3.30. The average molecular weight is 176 g/mol. The Labute approximate surface area is 66.2 Å². The third-order valence-electron chi connectivity index (χ3n) is 2.25. The van der Waals surface area contributed by atoms with Gasteiger partial charge in [0.15, 0.2) is 0 Å². The van der Waals surface area contributed by atoms with E-state index in [4.69, 9.17) is 5.11 Å². The molecular weight excluding hydrogens is 163 g/mol. The average Bonchev–Trinajstić information content (AvgIpc) is 1.86. The lowest BCUT2D eigenvalue weighted by Crippen LogP contribution is -2.21. The van der Waals surface area contributed by atoms with E-state index in [2.05, 4.69) is 0 Å². The Morgan fingerprint density at radius 3 is 2.27 bits per heavy atom. The van der Waals surface area contributed by atoms with Crippen LogP contribution in [0.1, 0.15) is 12.8 Å². The molecule has 0 aromatic heterocycles. The van der Waals surface area contributed by atoms with Crippen LogP contribution in [0.5, 0.6) is 0 Å². The van der Waals surface area contributed by atoms with Gasteiger partial charge in [0.25, 0.3) is 0 Å². The van der Waals surface area contributed by atoms with Crippen LogP contribution < -0.4 is 0 Å². The van der Waals surface area contributed by atoms with E-state index in [0.29, 0.717) is 25.2 Å². The molecule has 0 amide bonds. The van der Waals surface area contributed by atoms with Gasteiger partial charge < -0.3 is 9.67 Å². The number of rotatable bonds is 1. The quantitative estimate of drug-likeness (QED) is 0.615. The first-order valence-electron chi connectivity index (χ1n) is 3.80. The molecule has 0 saturated carbocycles. The predicted octanol–water partition coefficient (Wildman–Crippen LogP) is 1.47. The van der Waals surface area contributed by atoms with Gasteiger partial charge >= 0.3 is 5.97 Å². The summed E-state index contributed by atoms with van der Waals surface area (Å²) in [7, 11) is -1.93. The molecule has 0 atom stereocenters. The van der Waals surface area contributed by atoms with E-state index in [0.717, 1.165) is 0 Å². The second kappa shape index (κ2) is 2.98. The first-order valence-corrected chi connectivity index (χ1v) is 6.32. The van der Waals surface area contributed by atoms with Gasteiger partial charge in [-0.15, -0.1) is 0 Å². The summed E-state index contributed by atoms with van der Waals surface area (Å²) >= 11 is 0. The fourth-order valence-electron chi connectivity index (χ4n) is 1.36. The van der Waals surface area contributed by atoms with Crippen LogP contribution in [0.25, 0.3) is 0 Å². The third-order valence-corrected chi connectivity index (χ3v) is 4.66. The third kappa shape index (κ3) is 2.33. The van der Waals surface area contributed by atoms with Crippen molar-refractivity contribution in [1.29, 1.82) is 0 Å². The van der Waals surface area contributed by atoms with E-state index in [9.17, 15) is 9.36 Å². The number of aliphatic carboxylic acids is 1. The molecule has 11 heavy (non-hydrogen) atoms. The number of carbonyl (C=O) groups is 1. The van der Waals surface area contributed by atoms with Gasteiger partial charge in [-0.05, 0) is 19.5 Å². The van der Waals surface area contributed by atoms with Crippen molar-refractivity contribution in [3.63, 3.8) is 0 Å². The smallest absolute Gasteiger partial charge is 0.306 e. The number of hydrogen-bond acceptors (Lipinski definition) is 2. The van der Waals surface area contributed by atoms with Crippen molar-refractivity contribution >= 4 is 13.1 Å². The van der Waals surface area contributed by atoms with E-state index in [1.807, 2.05) is 0 Å². The fraction of sp³-hybridized carbons (Fsp3) is 0.857. The van der Waals surface area contributed by atoms with Gasteiger partial charge in [0.05, 0.1) is 13.1 Å². The predicted molar refractivity (Wildman–Crippen MR) is 43.6 cm³/mol. The van der Waals surface area contributed by atoms with Crippen LogP contribution in [-0.4, -0.2) is 30.1 Å². The molecule has 1 aliphatic heterocycles. The normalized spacial score (nSPS) is 38.5. The lowest BCUT2D eigenvalue weighted by Gasteiger charge is -2.23. The van der Waals surface area contributed by atoms with E-state index in [1.165, 1.54) is 0 Å². The van der Waals surface area contributed by atoms with Crippen molar-refractivity contribution in [1.82, 2.24) is 0 Å². The van der Waals surface area contributed by atoms with Crippen molar-refractivity contribution in [2.75, 3.05) is 19.0 Å². The molecule has 4 heteroatoms. The maximum atomic E-state index is 11.4. The van der Waals surface area contributed by atoms with Crippen molar-refractivity contribution in [3.05, 3.63) is 0 Å². The highest BCUT2D eigenvalue weighted by Crippen LogP contribution is 2.47. The topological polar surface area (TPSA) is 54.4 Å². The standard InChI is InChI=1S/C7H13O3P/c1-11(10)4-2-6(3-5-11)7(8)9/h6H,2-5H2,1H3,(H,8,9). The molecule has 0 spiro atoms. The van der Waals surface area contributed by atoms with E-state index in [-0.39, 0.29) is 5.92 Å². The molecule has 0 radical (unpaired) electrons. The Morgan fingerprint density at radius 1 is 1.45 bits per heavy atom. The van der Waals surface area contributed by atoms with Crippen LogP contribution in [0.4, 0.5) is 0 Å². The van der Waals surface area contributed by atoms with Crippen molar-refractivity contribution in [2.45, 2.75) is 12.8 Å². The molecule has 0 aliphatic carbocycles. The van der Waals surface area contributed by atoms with Crippen LogP contribution in [0.2, 0.25) is 0 Å². The molecule has 0 aromatic rings. The zero-order chi connectivity index (χ0) is 8.48. The Hall–Kier alpha value is -0.300. The van der Waals surface area contributed by atoms with Gasteiger partial charge in [-0.2, -0.15) is 0 Å². The molecule has 0 aromatic carbocycles. The molecule has 1 rings (SSSR count). The van der Waals surface area contributed by atoms with E-state index < -0.39 is 13.1 Å². The van der Waals surface area contributed by atoms with Gasteiger partial charge in [-0.1, -0.05) is 0 Å². The second-order valence-corrected chi connectivity index (χ2v) is 6.84. The van der Waals surface area contributed by atoms with Crippen LogP contribution in [-0.2, 0) is 9.36 Å². The lowest BCUT2D eigenvalue weighted by atomic mass is 10.0. The zero-order valence-corrected chi connectivity index (χ0v) is 7.51. The van der Waals surface area contributed by atoms with Crippen LogP contribution in [0.3, 0.4) is 0 Å². The molecule has 1 heterocycles. The molecule has 64 valence electrons. The van der Waals surface area contributed by atoms with Crippen LogP contribution in [0.15, 0.2) is 0 Å². The molecule has 0 bridgehead atoms. The molecule has 0 unspecified atom stereocenters. The van der Waals surface area contributed by atoms with Gasteiger partial charge in [-0.3, -0.25) is 4.79 Å². The molecule has 1 saturated heterocycles. The maximum absolute atomic E-state index is 11.4. The van der Waals surface area contributed by atoms with Gasteiger partial charge in [0.1, 0.15) is 0 Å². The SMILES string of the molecule is CP1(=O)CCC(C(=O)O)CC1. The van der Waals surface area contributed by atoms with Crippen molar-refractivity contribution in [3.8, 4) is 0 Å². The van der Waals surface area contributed by atoms with Crippen molar-refractivity contribution < 1.29 is 14.5 Å². The second-order valence-electron chi connectivity index (χ2n) is 3.36. The first kappa shape index (κ1) is 8.79. The van der Waals surface area contributed by atoms with Gasteiger partial charge in [-0.25, -0.2) is 0 Å². The van der Waals surface area contributed by atoms with Crippen LogP contribution in [0, 0.1) is 5.92 Å². The summed E-state index contributed by atoms with van der Waals surface area (Å²) in [6, 6.07) is 0. The Balaban J connectivity index is 2.49. The first-order chi connectivity index (χ1) is 5.01. The summed E-state index contributed by atoms with van der Waals surface area (Å²) in [5.41, 5.74) is 0. The molecule has 3 nitrogen and oxygen atoms in total. The van der Waals surface area contributed by atoms with E-state index in [1.54, 1.807) is 6.66 Å². The highest BCUT2D eigenvalue weighted by atomic mass is 31.2. The Kier molecular flexibility index (Phi) is 2.38. The summed E-state index contributed by atoms with van der Waals surface area (Å²) < 4.78 is 11.4. The summed E-state index contributed by atoms with van der Waals surface area (Å²) in [5.74, 6) is -0.971. The van der Waals surface area contributed by atoms with Crippen LogP contribution >= 0.6 is 7.14 Å². The summed E-state index contributed by atoms with van der Waals surface area (Å²) in [5, 5.41) is 8.62. The van der Waals surface area contributed by atoms with Gasteiger partial charge in [0, 0.05) is 12.3 Å². The highest BCUT2D eigenvalue weighted by Gasteiger charge is 2.29. The Morgan fingerprint density at radius 2 is 1.91 bits per heavy atom. The van der Waals surface area contributed by atoms with Gasteiger partial charge in [0.2, 0.25) is 0 Å². The minimum atomic E-state index is -1.93.